The Bertz CT molecular complexity index is 4060. The number of aromatic nitrogens is 1. The van der Waals surface area contributed by atoms with Crippen molar-refractivity contribution in [3.8, 4) is 39.1 Å². The molecule has 0 spiro atoms. The predicted molar refractivity (Wildman–Crippen MR) is 306 cm³/mol. The van der Waals surface area contributed by atoms with E-state index in [2.05, 4.69) is 281 Å². The fourth-order valence-electron chi connectivity index (χ4n) is 12.1. The Hall–Kier alpha value is -9.38. The van der Waals surface area contributed by atoms with Gasteiger partial charge in [-0.3, -0.25) is 0 Å². The lowest BCUT2D eigenvalue weighted by Crippen LogP contribution is -2.61. The smallest absolute Gasteiger partial charge is 0.252 e. The first-order valence-corrected chi connectivity index (χ1v) is 24.9. The molecule has 3 heterocycles. The largest absolute Gasteiger partial charge is 0.311 e. The van der Waals surface area contributed by atoms with E-state index in [0.29, 0.717) is 0 Å². The molecular formula is C68H44BN3. The zero-order valence-corrected chi connectivity index (χ0v) is 39.3. The Labute approximate surface area is 418 Å². The molecule has 0 bridgehead atoms. The lowest BCUT2D eigenvalue weighted by molar-refractivity contribution is 1.18. The number of benzene rings is 12. The van der Waals surface area contributed by atoms with Gasteiger partial charge in [-0.05, 0) is 127 Å². The highest BCUT2D eigenvalue weighted by Gasteiger charge is 2.44. The van der Waals surface area contributed by atoms with Crippen LogP contribution in [0.1, 0.15) is 0 Å². The molecule has 3 nitrogen and oxygen atoms in total. The molecule has 2 aliphatic rings. The van der Waals surface area contributed by atoms with Crippen LogP contribution in [0.2, 0.25) is 0 Å². The molecule has 0 atom stereocenters. The van der Waals surface area contributed by atoms with Gasteiger partial charge in [-0.1, -0.05) is 200 Å². The summed E-state index contributed by atoms with van der Waals surface area (Å²) in [4.78, 5) is 5.15. The van der Waals surface area contributed by atoms with Crippen LogP contribution in [-0.2, 0) is 0 Å². The van der Waals surface area contributed by atoms with Gasteiger partial charge in [-0.15, -0.1) is 0 Å². The Balaban J connectivity index is 1.04. The highest BCUT2D eigenvalue weighted by Crippen LogP contribution is 2.50. The van der Waals surface area contributed by atoms with E-state index in [0.717, 1.165) is 22.6 Å². The standard InChI is InChI=1S/C68H44BN3/c1-4-16-45(17-5-1)47-28-35-54(36-29-47)71-64-43-52(51-34-41-63-59(42-51)58-26-14-15-27-62(58)70(63)53-22-8-3-9-23-53)44-65-66(64)69(60-39-32-49-20-10-12-24-56(49)67(60)71)61-40-33-50-21-11-13-25-57(50)68(61)72(65)55-37-30-48(31-38-55)46-18-6-2-7-19-46/h1-44H. The quantitative estimate of drug-likeness (QED) is 0.154. The Morgan fingerprint density at radius 2 is 0.694 bits per heavy atom. The summed E-state index contributed by atoms with van der Waals surface area (Å²) in [5, 5.41) is 7.37. The van der Waals surface area contributed by atoms with Crippen LogP contribution in [0.3, 0.4) is 0 Å². The molecule has 72 heavy (non-hydrogen) atoms. The fraction of sp³-hybridized carbons (Fsp3) is 0. The Kier molecular flexibility index (Phi) is 9.06. The Morgan fingerprint density at radius 1 is 0.264 bits per heavy atom. The lowest BCUT2D eigenvalue weighted by atomic mass is 9.33. The van der Waals surface area contributed by atoms with Crippen molar-refractivity contribution in [2.75, 3.05) is 9.80 Å². The van der Waals surface area contributed by atoms with Gasteiger partial charge in [0.15, 0.2) is 0 Å². The first-order chi connectivity index (χ1) is 35.7. The van der Waals surface area contributed by atoms with Gasteiger partial charge in [0, 0.05) is 61.4 Å². The minimum absolute atomic E-state index is 0.0470. The molecule has 15 rings (SSSR count). The van der Waals surface area contributed by atoms with Crippen LogP contribution in [0.4, 0.5) is 34.1 Å². The maximum atomic E-state index is 2.58. The molecule has 0 radical (unpaired) electrons. The SMILES string of the molecule is c1ccc(-c2ccc(N3c4cc(-c5ccc6c(c5)c5ccccc5n6-c5ccccc5)cc5c4B(c4ccc6ccccc6c43)c3ccc4ccccc4c3N5c3ccc(-c4ccccc4)cc3)cc2)cc1. The van der Waals surface area contributed by atoms with Crippen LogP contribution < -0.4 is 26.2 Å². The third-order valence-corrected chi connectivity index (χ3v) is 15.3. The molecule has 0 aliphatic carbocycles. The van der Waals surface area contributed by atoms with Crippen molar-refractivity contribution in [1.29, 1.82) is 0 Å². The summed E-state index contributed by atoms with van der Waals surface area (Å²) in [5.41, 5.74) is 21.6. The second-order valence-electron chi connectivity index (χ2n) is 19.2. The van der Waals surface area contributed by atoms with Gasteiger partial charge in [0.2, 0.25) is 0 Å². The van der Waals surface area contributed by atoms with Crippen LogP contribution in [0.5, 0.6) is 0 Å². The minimum atomic E-state index is -0.0470. The third-order valence-electron chi connectivity index (χ3n) is 15.3. The minimum Gasteiger partial charge on any atom is -0.311 e. The topological polar surface area (TPSA) is 11.4 Å². The Morgan fingerprint density at radius 3 is 1.24 bits per heavy atom. The van der Waals surface area contributed by atoms with Gasteiger partial charge in [0.05, 0.1) is 11.0 Å². The molecule has 0 fully saturated rings. The van der Waals surface area contributed by atoms with E-state index in [4.69, 9.17) is 0 Å². The monoisotopic (exact) mass is 913 g/mol. The van der Waals surface area contributed by atoms with Crippen LogP contribution >= 0.6 is 0 Å². The molecule has 0 saturated heterocycles. The van der Waals surface area contributed by atoms with Crippen molar-refractivity contribution in [1.82, 2.24) is 4.57 Å². The summed E-state index contributed by atoms with van der Waals surface area (Å²) in [5.74, 6) is 0. The highest BCUT2D eigenvalue weighted by atomic mass is 15.2. The molecule has 0 N–H and O–H groups in total. The molecule has 12 aromatic carbocycles. The van der Waals surface area contributed by atoms with Crippen LogP contribution in [0, 0.1) is 0 Å². The summed E-state index contributed by atoms with van der Waals surface area (Å²) >= 11 is 0. The van der Waals surface area contributed by atoms with Crippen molar-refractivity contribution in [3.05, 3.63) is 267 Å². The van der Waals surface area contributed by atoms with E-state index in [1.54, 1.807) is 0 Å². The summed E-state index contributed by atoms with van der Waals surface area (Å²) < 4.78 is 2.40. The third kappa shape index (κ3) is 6.19. The molecule has 0 saturated carbocycles. The van der Waals surface area contributed by atoms with Gasteiger partial charge in [-0.25, -0.2) is 0 Å². The predicted octanol–water partition coefficient (Wildman–Crippen LogP) is 16.2. The van der Waals surface area contributed by atoms with Gasteiger partial charge in [0.1, 0.15) is 0 Å². The van der Waals surface area contributed by atoms with E-state index < -0.39 is 0 Å². The number of nitrogens with zero attached hydrogens (tertiary/aromatic N) is 3. The number of rotatable bonds is 6. The zero-order chi connectivity index (χ0) is 47.3. The maximum Gasteiger partial charge on any atom is 0.252 e. The average molecular weight is 914 g/mol. The number of fused-ring (bicyclic) bond motifs is 11. The lowest BCUT2D eigenvalue weighted by Gasteiger charge is -2.45. The van der Waals surface area contributed by atoms with Crippen molar-refractivity contribution < 1.29 is 0 Å². The van der Waals surface area contributed by atoms with Crippen molar-refractivity contribution >= 4 is 101 Å². The van der Waals surface area contributed by atoms with Gasteiger partial charge >= 0.3 is 0 Å². The van der Waals surface area contributed by atoms with E-state index in [1.165, 1.54) is 110 Å². The zero-order valence-electron chi connectivity index (χ0n) is 39.3. The molecule has 13 aromatic rings. The van der Waals surface area contributed by atoms with E-state index in [1.807, 2.05) is 0 Å². The molecule has 1 aromatic heterocycles. The summed E-state index contributed by atoms with van der Waals surface area (Å²) in [6.07, 6.45) is 0. The van der Waals surface area contributed by atoms with Crippen molar-refractivity contribution in [2.24, 2.45) is 0 Å². The van der Waals surface area contributed by atoms with E-state index >= 15 is 0 Å². The van der Waals surface area contributed by atoms with Crippen LogP contribution in [-0.4, -0.2) is 11.3 Å². The molecular weight excluding hydrogens is 870 g/mol. The van der Waals surface area contributed by atoms with E-state index in [-0.39, 0.29) is 6.71 Å². The molecule has 0 amide bonds. The van der Waals surface area contributed by atoms with Crippen molar-refractivity contribution in [2.45, 2.75) is 0 Å². The number of para-hydroxylation sites is 2. The number of hydrogen-bond acceptors (Lipinski definition) is 2. The van der Waals surface area contributed by atoms with Crippen LogP contribution in [0.15, 0.2) is 267 Å². The number of hydrogen-bond donors (Lipinski definition) is 0. The summed E-state index contributed by atoms with van der Waals surface area (Å²) in [7, 11) is 0. The van der Waals surface area contributed by atoms with Crippen LogP contribution in [0.25, 0.3) is 82.4 Å². The molecule has 4 heteroatoms. The highest BCUT2D eigenvalue weighted by molar-refractivity contribution is 7.00. The fourth-order valence-corrected chi connectivity index (χ4v) is 12.1. The molecule has 334 valence electrons. The number of anilines is 6. The first kappa shape index (κ1) is 40.5. The first-order valence-electron chi connectivity index (χ1n) is 24.9. The van der Waals surface area contributed by atoms with Gasteiger partial charge < -0.3 is 14.4 Å². The van der Waals surface area contributed by atoms with E-state index in [9.17, 15) is 0 Å². The normalized spacial score (nSPS) is 12.6. The second kappa shape index (κ2) is 16.1. The average Bonchev–Trinajstić information content (AvgIpc) is 3.79. The maximum absolute atomic E-state index is 2.58. The molecule has 2 aliphatic heterocycles. The second-order valence-corrected chi connectivity index (χ2v) is 19.2. The van der Waals surface area contributed by atoms with Gasteiger partial charge in [-0.2, -0.15) is 0 Å². The van der Waals surface area contributed by atoms with Crippen molar-refractivity contribution in [3.63, 3.8) is 0 Å². The molecule has 0 unspecified atom stereocenters. The summed E-state index contributed by atoms with van der Waals surface area (Å²) in [6.45, 7) is -0.0470. The van der Waals surface area contributed by atoms with Gasteiger partial charge in [0.25, 0.3) is 6.71 Å². The summed E-state index contributed by atoms with van der Waals surface area (Å²) in [6, 6.07) is 98.9.